The quantitative estimate of drug-likeness (QED) is 0.859. The second kappa shape index (κ2) is 5.79. The highest BCUT2D eigenvalue weighted by molar-refractivity contribution is 5.80. The summed E-state index contributed by atoms with van der Waals surface area (Å²) < 4.78 is 1.21. The van der Waals surface area contributed by atoms with Crippen molar-refractivity contribution in [3.05, 3.63) is 45.0 Å². The monoisotopic (exact) mass is 301 g/mol. The van der Waals surface area contributed by atoms with Crippen LogP contribution >= 0.6 is 0 Å². The van der Waals surface area contributed by atoms with Crippen molar-refractivity contribution in [2.75, 3.05) is 6.54 Å². The van der Waals surface area contributed by atoms with Gasteiger partial charge in [0.2, 0.25) is 5.91 Å². The Kier molecular flexibility index (Phi) is 3.83. The van der Waals surface area contributed by atoms with Crippen molar-refractivity contribution in [3.63, 3.8) is 0 Å². The van der Waals surface area contributed by atoms with Crippen LogP contribution in [0.3, 0.4) is 0 Å². The number of aryl methyl sites for hydroxylation is 1. The molecule has 2 atom stereocenters. The Balaban J connectivity index is 1.69. The van der Waals surface area contributed by atoms with E-state index in [1.165, 1.54) is 4.68 Å². The van der Waals surface area contributed by atoms with E-state index in [2.05, 4.69) is 17.3 Å². The summed E-state index contributed by atoms with van der Waals surface area (Å²) in [5.74, 6) is 1.19. The lowest BCUT2D eigenvalue weighted by Gasteiger charge is -2.08. The molecule has 0 radical (unpaired) electrons. The Hall–Kier alpha value is -2.37. The van der Waals surface area contributed by atoms with Crippen LogP contribution in [-0.2, 0) is 11.3 Å². The van der Waals surface area contributed by atoms with Crippen LogP contribution in [-0.4, -0.2) is 22.2 Å². The molecule has 2 N–H and O–H groups in total. The largest absolute Gasteiger partial charge is 0.356 e. The van der Waals surface area contributed by atoms with E-state index in [0.29, 0.717) is 29.2 Å². The van der Waals surface area contributed by atoms with Gasteiger partial charge >= 0.3 is 0 Å². The molecule has 1 aliphatic rings. The van der Waals surface area contributed by atoms with Crippen molar-refractivity contribution in [3.8, 4) is 0 Å². The lowest BCUT2D eigenvalue weighted by atomic mass is 10.2. The number of benzene rings is 1. The summed E-state index contributed by atoms with van der Waals surface area (Å²) in [5.41, 5.74) is -0.596. The molecule has 0 saturated heterocycles. The van der Waals surface area contributed by atoms with Crippen LogP contribution in [0.2, 0.25) is 0 Å². The molecule has 2 aromatic rings. The zero-order chi connectivity index (χ0) is 15.7. The molecule has 0 aliphatic heterocycles. The Morgan fingerprint density at radius 2 is 2.00 bits per heavy atom. The molecule has 22 heavy (non-hydrogen) atoms. The average molecular weight is 301 g/mol. The maximum absolute atomic E-state index is 12.3. The molecule has 1 aromatic carbocycles. The second-order valence-electron chi connectivity index (χ2n) is 5.97. The number of hydrogen-bond acceptors (Lipinski definition) is 3. The van der Waals surface area contributed by atoms with Crippen molar-refractivity contribution in [1.82, 2.24) is 15.1 Å². The molecule has 1 aromatic heterocycles. The number of nitrogens with zero attached hydrogens (tertiary/aromatic N) is 1. The molecule has 116 valence electrons. The Morgan fingerprint density at radius 3 is 2.68 bits per heavy atom. The highest BCUT2D eigenvalue weighted by Gasteiger charge is 2.32. The van der Waals surface area contributed by atoms with Crippen molar-refractivity contribution in [1.29, 1.82) is 0 Å². The molecule has 0 spiro atoms. The zero-order valence-electron chi connectivity index (χ0n) is 12.5. The first-order chi connectivity index (χ1) is 10.6. The molecular formula is C16H19N3O3. The van der Waals surface area contributed by atoms with Crippen molar-refractivity contribution in [2.24, 2.45) is 11.8 Å². The number of carbonyl (C=O) groups excluding carboxylic acids is 1. The van der Waals surface area contributed by atoms with Gasteiger partial charge in [-0.05, 0) is 30.4 Å². The highest BCUT2D eigenvalue weighted by Crippen LogP contribution is 2.36. The highest BCUT2D eigenvalue weighted by atomic mass is 16.2. The maximum Gasteiger partial charge on any atom is 0.273 e. The lowest BCUT2D eigenvalue weighted by molar-refractivity contribution is -0.121. The third-order valence-electron chi connectivity index (χ3n) is 4.28. The summed E-state index contributed by atoms with van der Waals surface area (Å²) in [4.78, 5) is 36.0. The van der Waals surface area contributed by atoms with Crippen LogP contribution in [0.15, 0.2) is 33.9 Å². The fourth-order valence-corrected chi connectivity index (χ4v) is 2.63. The minimum atomic E-state index is -0.317. The number of hydrogen-bond donors (Lipinski definition) is 2. The third-order valence-corrected chi connectivity index (χ3v) is 4.28. The molecule has 3 rings (SSSR count). The van der Waals surface area contributed by atoms with Gasteiger partial charge < -0.3 is 5.32 Å². The molecule has 0 bridgehead atoms. The molecule has 1 aliphatic carbocycles. The Morgan fingerprint density at radius 1 is 1.32 bits per heavy atom. The van der Waals surface area contributed by atoms with E-state index in [1.54, 1.807) is 24.3 Å². The number of amides is 1. The van der Waals surface area contributed by atoms with Crippen LogP contribution in [0.5, 0.6) is 0 Å². The van der Waals surface area contributed by atoms with Gasteiger partial charge in [-0.2, -0.15) is 0 Å². The van der Waals surface area contributed by atoms with Gasteiger partial charge in [-0.15, -0.1) is 0 Å². The van der Waals surface area contributed by atoms with E-state index in [9.17, 15) is 14.4 Å². The average Bonchev–Trinajstić information content (AvgIpc) is 3.23. The summed E-state index contributed by atoms with van der Waals surface area (Å²) in [5, 5.41) is 6.14. The minimum absolute atomic E-state index is 0.0972. The Bertz CT molecular complexity index is 821. The smallest absolute Gasteiger partial charge is 0.273 e. The molecule has 1 fully saturated rings. The number of fused-ring (bicyclic) bond motifs is 1. The van der Waals surface area contributed by atoms with E-state index >= 15 is 0 Å². The van der Waals surface area contributed by atoms with E-state index in [-0.39, 0.29) is 30.0 Å². The topological polar surface area (TPSA) is 84.0 Å². The fraction of sp³-hybridized carbons (Fsp3) is 0.438. The minimum Gasteiger partial charge on any atom is -0.356 e. The summed E-state index contributed by atoms with van der Waals surface area (Å²) in [6, 6.07) is 6.67. The predicted molar refractivity (Wildman–Crippen MR) is 83.7 cm³/mol. The van der Waals surface area contributed by atoms with Crippen molar-refractivity contribution in [2.45, 2.75) is 26.3 Å². The van der Waals surface area contributed by atoms with Crippen LogP contribution in [0, 0.1) is 11.8 Å². The third kappa shape index (κ3) is 2.95. The van der Waals surface area contributed by atoms with E-state index in [4.69, 9.17) is 0 Å². The van der Waals surface area contributed by atoms with Gasteiger partial charge in [0, 0.05) is 13.0 Å². The molecule has 1 saturated carbocycles. The van der Waals surface area contributed by atoms with E-state index < -0.39 is 0 Å². The number of aromatic amines is 1. The number of rotatable bonds is 5. The second-order valence-corrected chi connectivity index (χ2v) is 5.97. The number of carbonyl (C=O) groups is 1. The normalized spacial score (nSPS) is 20.0. The summed E-state index contributed by atoms with van der Waals surface area (Å²) in [6.45, 7) is 3.03. The molecule has 0 unspecified atom stereocenters. The zero-order valence-corrected chi connectivity index (χ0v) is 12.5. The maximum atomic E-state index is 12.3. The first-order valence-corrected chi connectivity index (χ1v) is 7.55. The summed E-state index contributed by atoms with van der Waals surface area (Å²) in [7, 11) is 0. The SMILES string of the molecule is C[C@@H]1C[C@H]1CNC(=O)CCn1[nH]c(=O)c2ccccc2c1=O. The van der Waals surface area contributed by atoms with Gasteiger partial charge in [0.15, 0.2) is 0 Å². The van der Waals surface area contributed by atoms with Crippen LogP contribution < -0.4 is 16.4 Å². The van der Waals surface area contributed by atoms with Gasteiger partial charge in [-0.1, -0.05) is 19.1 Å². The molecule has 6 heteroatoms. The fourth-order valence-electron chi connectivity index (χ4n) is 2.63. The lowest BCUT2D eigenvalue weighted by Crippen LogP contribution is -2.33. The van der Waals surface area contributed by atoms with Gasteiger partial charge in [0.05, 0.1) is 17.3 Å². The Labute approximate surface area is 127 Å². The summed E-state index contributed by atoms with van der Waals surface area (Å²) >= 11 is 0. The first-order valence-electron chi connectivity index (χ1n) is 7.55. The number of aromatic nitrogens is 2. The standard InChI is InChI=1S/C16H19N3O3/c1-10-8-11(10)9-17-14(20)6-7-19-16(22)13-5-3-2-4-12(13)15(21)18-19/h2-5,10-11H,6-9H2,1H3,(H,17,20)(H,18,21)/t10-,11+/m1/s1. The molecular weight excluding hydrogens is 282 g/mol. The predicted octanol–water partition coefficient (Wildman–Crippen LogP) is 0.852. The van der Waals surface area contributed by atoms with Crippen molar-refractivity contribution >= 4 is 16.7 Å². The molecule has 6 nitrogen and oxygen atoms in total. The van der Waals surface area contributed by atoms with E-state index in [1.807, 2.05) is 0 Å². The van der Waals surface area contributed by atoms with Crippen LogP contribution in [0.4, 0.5) is 0 Å². The van der Waals surface area contributed by atoms with Crippen molar-refractivity contribution < 1.29 is 4.79 Å². The van der Waals surface area contributed by atoms with Crippen LogP contribution in [0.1, 0.15) is 19.8 Å². The van der Waals surface area contributed by atoms with E-state index in [0.717, 1.165) is 6.42 Å². The molecule has 1 heterocycles. The molecule has 1 amide bonds. The number of H-pyrrole nitrogens is 1. The number of nitrogens with one attached hydrogen (secondary N) is 2. The summed E-state index contributed by atoms with van der Waals surface area (Å²) in [6.07, 6.45) is 1.34. The van der Waals surface area contributed by atoms with Gasteiger partial charge in [-0.3, -0.25) is 19.5 Å². The van der Waals surface area contributed by atoms with Crippen LogP contribution in [0.25, 0.3) is 10.8 Å². The first kappa shape index (κ1) is 14.6. The van der Waals surface area contributed by atoms with Gasteiger partial charge in [-0.25, -0.2) is 4.68 Å². The van der Waals surface area contributed by atoms with Gasteiger partial charge in [0.1, 0.15) is 0 Å². The van der Waals surface area contributed by atoms with Gasteiger partial charge in [0.25, 0.3) is 11.1 Å².